The van der Waals surface area contributed by atoms with E-state index in [4.69, 9.17) is 10.9 Å². The molecule has 1 amide bonds. The number of allylic oxidation sites excluding steroid dienone is 1. The number of hydrogen-bond acceptors (Lipinski definition) is 4. The minimum atomic E-state index is -1.02. The molecule has 0 saturated carbocycles. The van der Waals surface area contributed by atoms with Crippen LogP contribution in [0.25, 0.3) is 0 Å². The van der Waals surface area contributed by atoms with Gasteiger partial charge >= 0.3 is 10.8 Å². The molecule has 18 heavy (non-hydrogen) atoms. The normalized spacial score (nSPS) is 27.0. The summed E-state index contributed by atoms with van der Waals surface area (Å²) in [5, 5.41) is 9.00. The molecule has 96 valence electrons. The standard InChI is InChI=1S/C10H12BrN5O2/c1-6(15(2)10(17)18)8-7-5-13-3-4-16(7,12)9(11)14-8/h3-6H,12H2,1-2H3/p+1. The molecule has 0 aliphatic carbocycles. The van der Waals surface area contributed by atoms with Crippen molar-refractivity contribution in [2.75, 3.05) is 7.05 Å². The van der Waals surface area contributed by atoms with Crippen molar-refractivity contribution in [3.8, 4) is 0 Å². The summed E-state index contributed by atoms with van der Waals surface area (Å²) in [4.78, 5) is 20.5. The van der Waals surface area contributed by atoms with E-state index in [1.54, 1.807) is 25.5 Å². The number of fused-ring (bicyclic) bond motifs is 1. The number of likely N-dealkylation sites (N-methyl/N-ethyl adjacent to an activating group) is 1. The van der Waals surface area contributed by atoms with Crippen LogP contribution in [0.3, 0.4) is 0 Å². The summed E-state index contributed by atoms with van der Waals surface area (Å²) in [6, 6.07) is -0.411. The van der Waals surface area contributed by atoms with Gasteiger partial charge in [0.2, 0.25) is 5.70 Å². The lowest BCUT2D eigenvalue weighted by Crippen LogP contribution is -2.50. The quantitative estimate of drug-likeness (QED) is 0.456. The van der Waals surface area contributed by atoms with Crippen LogP contribution >= 0.6 is 15.9 Å². The van der Waals surface area contributed by atoms with Gasteiger partial charge in [-0.3, -0.25) is 4.99 Å². The Morgan fingerprint density at radius 1 is 1.67 bits per heavy atom. The first kappa shape index (κ1) is 12.9. The summed E-state index contributed by atoms with van der Waals surface area (Å²) in [7, 11) is 1.49. The molecular weight excluding hydrogens is 302 g/mol. The molecule has 2 atom stereocenters. The third-order valence-electron chi connectivity index (χ3n) is 3.04. The molecule has 7 nitrogen and oxygen atoms in total. The number of nitrogens with two attached hydrogens (primary N) is 1. The van der Waals surface area contributed by atoms with Crippen molar-refractivity contribution in [2.45, 2.75) is 13.0 Å². The fraction of sp³-hybridized carbons (Fsp3) is 0.300. The largest absolute Gasteiger partial charge is 0.465 e. The molecule has 0 aromatic heterocycles. The van der Waals surface area contributed by atoms with Crippen molar-refractivity contribution in [3.05, 3.63) is 23.8 Å². The van der Waals surface area contributed by atoms with Gasteiger partial charge in [0.15, 0.2) is 0 Å². The number of quaternary nitrogens is 1. The highest BCUT2D eigenvalue weighted by atomic mass is 79.9. The molecule has 0 saturated heterocycles. The molecule has 2 heterocycles. The molecule has 0 spiro atoms. The molecular formula is C10H13BrN5O2+. The van der Waals surface area contributed by atoms with Crippen molar-refractivity contribution in [1.82, 2.24) is 4.90 Å². The van der Waals surface area contributed by atoms with E-state index in [1.165, 1.54) is 11.9 Å². The molecule has 8 heteroatoms. The van der Waals surface area contributed by atoms with E-state index in [1.807, 2.05) is 0 Å². The summed E-state index contributed by atoms with van der Waals surface area (Å²) in [6.07, 6.45) is 3.82. The minimum absolute atomic E-state index is 0.114. The van der Waals surface area contributed by atoms with Crippen molar-refractivity contribution < 1.29 is 14.5 Å². The van der Waals surface area contributed by atoms with Gasteiger partial charge < -0.3 is 10.0 Å². The number of rotatable bonds is 2. The van der Waals surface area contributed by atoms with Gasteiger partial charge in [0.05, 0.1) is 18.5 Å². The third kappa shape index (κ3) is 1.78. The second-order valence-corrected chi connectivity index (χ2v) is 4.78. The molecule has 0 fully saturated rings. The average molecular weight is 315 g/mol. The van der Waals surface area contributed by atoms with Crippen molar-refractivity contribution in [2.24, 2.45) is 15.8 Å². The van der Waals surface area contributed by atoms with Gasteiger partial charge in [-0.15, -0.1) is 4.59 Å². The van der Waals surface area contributed by atoms with Crippen LogP contribution in [0.4, 0.5) is 4.79 Å². The second-order valence-electron chi connectivity index (χ2n) is 4.07. The van der Waals surface area contributed by atoms with E-state index in [2.05, 4.69) is 25.9 Å². The average Bonchev–Trinajstić information content (AvgIpc) is 2.60. The van der Waals surface area contributed by atoms with Crippen LogP contribution in [0, 0.1) is 0 Å². The maximum absolute atomic E-state index is 11.0. The Labute approximate surface area is 112 Å². The first-order chi connectivity index (χ1) is 8.38. The highest BCUT2D eigenvalue weighted by Crippen LogP contribution is 2.32. The number of aliphatic imine (C=N–C) groups is 2. The molecule has 0 aromatic carbocycles. The van der Waals surface area contributed by atoms with E-state index >= 15 is 0 Å². The number of carbonyl (C=O) groups is 1. The number of hydrogen-bond donors (Lipinski definition) is 2. The zero-order valence-corrected chi connectivity index (χ0v) is 11.5. The Hall–Kier alpha value is -1.51. The van der Waals surface area contributed by atoms with E-state index in [0.29, 0.717) is 16.1 Å². The van der Waals surface area contributed by atoms with Gasteiger partial charge in [0.25, 0.3) is 0 Å². The topological polar surface area (TPSA) is 91.3 Å². The molecule has 2 unspecified atom stereocenters. The summed E-state index contributed by atoms with van der Waals surface area (Å²) in [5.41, 5.74) is 1.24. The van der Waals surface area contributed by atoms with Crippen LogP contribution in [-0.4, -0.2) is 44.7 Å². The zero-order chi connectivity index (χ0) is 13.5. The van der Waals surface area contributed by atoms with E-state index in [9.17, 15) is 4.79 Å². The van der Waals surface area contributed by atoms with Gasteiger partial charge in [0.1, 0.15) is 11.9 Å². The van der Waals surface area contributed by atoms with E-state index in [-0.39, 0.29) is 4.59 Å². The number of amidine groups is 1. The highest BCUT2D eigenvalue weighted by molar-refractivity contribution is 9.18. The van der Waals surface area contributed by atoms with Crippen LogP contribution < -0.4 is 5.84 Å². The van der Waals surface area contributed by atoms with Crippen LogP contribution in [0.5, 0.6) is 0 Å². The lowest BCUT2D eigenvalue weighted by atomic mass is 10.2. The Bertz CT molecular complexity index is 524. The number of amides is 1. The Morgan fingerprint density at radius 2 is 2.33 bits per heavy atom. The lowest BCUT2D eigenvalue weighted by Gasteiger charge is -2.25. The predicted molar refractivity (Wildman–Crippen MR) is 70.7 cm³/mol. The van der Waals surface area contributed by atoms with Crippen LogP contribution in [0.2, 0.25) is 0 Å². The maximum Gasteiger partial charge on any atom is 0.407 e. The fourth-order valence-corrected chi connectivity index (χ4v) is 2.25. The summed E-state index contributed by atoms with van der Waals surface area (Å²) in [5.74, 6) is 6.17. The SMILES string of the molecule is CC(C1=C2C=NC=C[N+]2(N)C(Br)=N1)N(C)C(=O)O. The smallest absolute Gasteiger partial charge is 0.407 e. The zero-order valence-electron chi connectivity index (χ0n) is 9.91. The van der Waals surface area contributed by atoms with E-state index < -0.39 is 12.1 Å². The van der Waals surface area contributed by atoms with Gasteiger partial charge in [-0.2, -0.15) is 10.8 Å². The third-order valence-corrected chi connectivity index (χ3v) is 3.81. The Kier molecular flexibility index (Phi) is 3.09. The van der Waals surface area contributed by atoms with Crippen LogP contribution in [0.15, 0.2) is 33.8 Å². The molecule has 0 bridgehead atoms. The van der Waals surface area contributed by atoms with Gasteiger partial charge in [-0.1, -0.05) is 0 Å². The summed E-state index contributed by atoms with van der Waals surface area (Å²) >= 11 is 3.31. The molecule has 3 N–H and O–H groups in total. The maximum atomic E-state index is 11.0. The number of carboxylic acid groups (broad SMARTS) is 1. The Morgan fingerprint density at radius 3 is 2.94 bits per heavy atom. The predicted octanol–water partition coefficient (Wildman–Crippen LogP) is 1.21. The number of halogens is 1. The fourth-order valence-electron chi connectivity index (χ4n) is 1.75. The van der Waals surface area contributed by atoms with Gasteiger partial charge in [-0.25, -0.2) is 4.79 Å². The molecule has 2 rings (SSSR count). The van der Waals surface area contributed by atoms with Crippen LogP contribution in [0.1, 0.15) is 6.92 Å². The first-order valence-corrected chi connectivity index (χ1v) is 6.00. The summed E-state index contributed by atoms with van der Waals surface area (Å²) < 4.78 is 0.386. The summed E-state index contributed by atoms with van der Waals surface area (Å²) in [6.45, 7) is 1.75. The molecule has 2 aliphatic heterocycles. The highest BCUT2D eigenvalue weighted by Gasteiger charge is 2.44. The van der Waals surface area contributed by atoms with Crippen molar-refractivity contribution in [3.63, 3.8) is 0 Å². The van der Waals surface area contributed by atoms with Gasteiger partial charge in [-0.05, 0) is 6.92 Å². The molecule has 0 radical (unpaired) electrons. The lowest BCUT2D eigenvalue weighted by molar-refractivity contribution is -0.746. The van der Waals surface area contributed by atoms with Crippen LogP contribution in [-0.2, 0) is 0 Å². The minimum Gasteiger partial charge on any atom is -0.465 e. The first-order valence-electron chi connectivity index (χ1n) is 5.21. The number of nitrogens with zero attached hydrogens (tertiary/aromatic N) is 4. The molecule has 2 aliphatic rings. The van der Waals surface area contributed by atoms with Gasteiger partial charge in [0, 0.05) is 23.0 Å². The monoisotopic (exact) mass is 314 g/mol. The Balaban J connectivity index is 2.45. The van der Waals surface area contributed by atoms with Crippen molar-refractivity contribution >= 4 is 33.0 Å². The van der Waals surface area contributed by atoms with Crippen molar-refractivity contribution in [1.29, 1.82) is 0 Å². The van der Waals surface area contributed by atoms with E-state index in [0.717, 1.165) is 0 Å². The molecule has 0 aromatic rings. The second kappa shape index (κ2) is 4.30.